The van der Waals surface area contributed by atoms with E-state index in [1.165, 1.54) is 0 Å². The second-order valence-corrected chi connectivity index (χ2v) is 11.0. The van der Waals surface area contributed by atoms with Gasteiger partial charge in [0, 0.05) is 42.9 Å². The number of nitrogen functional groups attached to an aromatic ring is 1. The number of primary amides is 1. The molecule has 3 atom stereocenters. The Balaban J connectivity index is 1.28. The lowest BCUT2D eigenvalue weighted by atomic mass is 10.0. The predicted octanol–water partition coefficient (Wildman–Crippen LogP) is 3.50. The van der Waals surface area contributed by atoms with Crippen molar-refractivity contribution < 1.29 is 19.4 Å². The third-order valence-electron chi connectivity index (χ3n) is 7.31. The minimum Gasteiger partial charge on any atom is -0.387 e. The van der Waals surface area contributed by atoms with E-state index in [9.17, 15) is 14.7 Å². The van der Waals surface area contributed by atoms with Crippen molar-refractivity contribution in [3.63, 3.8) is 0 Å². The van der Waals surface area contributed by atoms with E-state index in [0.717, 1.165) is 28.7 Å². The Morgan fingerprint density at radius 2 is 1.59 bits per heavy atom. The lowest BCUT2D eigenvalue weighted by Gasteiger charge is -2.19. The van der Waals surface area contributed by atoms with Crippen LogP contribution in [0, 0.1) is 0 Å². The molecular formula is C35H41N5O4. The maximum Gasteiger partial charge on any atom is 0.248 e. The Kier molecular flexibility index (Phi) is 12.0. The van der Waals surface area contributed by atoms with Crippen molar-refractivity contribution in [2.45, 2.75) is 51.0 Å². The summed E-state index contributed by atoms with van der Waals surface area (Å²) in [6.07, 6.45) is 2.19. The second-order valence-electron chi connectivity index (χ2n) is 11.0. The number of anilines is 1. The summed E-state index contributed by atoms with van der Waals surface area (Å²) in [6, 6.07) is 28.5. The number of amides is 2. The third kappa shape index (κ3) is 10.6. The largest absolute Gasteiger partial charge is 0.387 e. The standard InChI is InChI=1S/C35H41N5O4/c1-24(38-22-32(41)30-14-15-33(36)39-20-30)16-27-8-5-9-28(17-27)19-34(42)40-21-31(44-23-26-6-3-2-4-7-26)18-25-10-12-29(13-11-25)35(37)43/h2-15,17,20,24,31-32,38,41H,16,18-19,21-23H2,1H3,(H2,36,39)(H2,37,43)(H,40,42)/t24-,31?,32-/m1/s1. The molecule has 1 heterocycles. The molecule has 4 aromatic rings. The fourth-order valence-electron chi connectivity index (χ4n) is 4.86. The first kappa shape index (κ1) is 32.3. The van der Waals surface area contributed by atoms with Gasteiger partial charge in [-0.15, -0.1) is 0 Å². The highest BCUT2D eigenvalue weighted by atomic mass is 16.5. The average molecular weight is 596 g/mol. The van der Waals surface area contributed by atoms with E-state index in [1.54, 1.807) is 30.5 Å². The fourth-order valence-corrected chi connectivity index (χ4v) is 4.86. The van der Waals surface area contributed by atoms with Crippen molar-refractivity contribution in [3.05, 3.63) is 131 Å². The number of pyridine rings is 1. The van der Waals surface area contributed by atoms with Gasteiger partial charge in [-0.2, -0.15) is 0 Å². The number of carbonyl (C=O) groups excluding carboxylic acids is 2. The number of aliphatic hydroxyl groups is 1. The molecular weight excluding hydrogens is 554 g/mol. The van der Waals surface area contributed by atoms with E-state index < -0.39 is 12.0 Å². The van der Waals surface area contributed by atoms with E-state index in [1.807, 2.05) is 66.7 Å². The number of ether oxygens (including phenoxy) is 1. The molecule has 9 nitrogen and oxygen atoms in total. The zero-order valence-electron chi connectivity index (χ0n) is 25.0. The van der Waals surface area contributed by atoms with Gasteiger partial charge in [-0.3, -0.25) is 9.59 Å². The van der Waals surface area contributed by atoms with Gasteiger partial charge in [0.05, 0.1) is 25.2 Å². The summed E-state index contributed by atoms with van der Waals surface area (Å²) >= 11 is 0. The smallest absolute Gasteiger partial charge is 0.248 e. The number of aliphatic hydroxyl groups excluding tert-OH is 1. The normalized spacial score (nSPS) is 13.1. The van der Waals surface area contributed by atoms with Crippen molar-refractivity contribution in [3.8, 4) is 0 Å². The Morgan fingerprint density at radius 3 is 2.30 bits per heavy atom. The fraction of sp³-hybridized carbons (Fsp3) is 0.286. The molecule has 0 spiro atoms. The lowest BCUT2D eigenvalue weighted by Crippen LogP contribution is -2.35. The average Bonchev–Trinajstić information content (AvgIpc) is 3.02. The molecule has 1 unspecified atom stereocenters. The summed E-state index contributed by atoms with van der Waals surface area (Å²) < 4.78 is 6.21. The number of rotatable bonds is 16. The Labute approximate surface area is 258 Å². The Morgan fingerprint density at radius 1 is 0.864 bits per heavy atom. The van der Waals surface area contributed by atoms with Gasteiger partial charge in [0.25, 0.3) is 0 Å². The summed E-state index contributed by atoms with van der Waals surface area (Å²) in [4.78, 5) is 28.4. The highest BCUT2D eigenvalue weighted by Gasteiger charge is 2.15. The zero-order valence-corrected chi connectivity index (χ0v) is 25.0. The van der Waals surface area contributed by atoms with Crippen LogP contribution in [0.5, 0.6) is 0 Å². The first-order valence-electron chi connectivity index (χ1n) is 14.8. The van der Waals surface area contributed by atoms with Crippen LogP contribution in [0.15, 0.2) is 97.2 Å². The van der Waals surface area contributed by atoms with E-state index >= 15 is 0 Å². The molecule has 44 heavy (non-hydrogen) atoms. The first-order chi connectivity index (χ1) is 21.2. The van der Waals surface area contributed by atoms with Gasteiger partial charge in [-0.1, -0.05) is 72.8 Å². The number of benzene rings is 3. The van der Waals surface area contributed by atoms with E-state index in [-0.39, 0.29) is 24.5 Å². The number of nitrogens with two attached hydrogens (primary N) is 2. The summed E-state index contributed by atoms with van der Waals surface area (Å²) in [6.45, 7) is 3.21. The maximum atomic E-state index is 13.0. The first-order valence-corrected chi connectivity index (χ1v) is 14.8. The van der Waals surface area contributed by atoms with Crippen LogP contribution < -0.4 is 22.1 Å². The number of nitrogens with zero attached hydrogens (tertiary/aromatic N) is 1. The van der Waals surface area contributed by atoms with Crippen LogP contribution in [-0.4, -0.2) is 47.1 Å². The van der Waals surface area contributed by atoms with Gasteiger partial charge < -0.3 is 31.9 Å². The lowest BCUT2D eigenvalue weighted by molar-refractivity contribution is -0.121. The van der Waals surface area contributed by atoms with Crippen LogP contribution in [0.2, 0.25) is 0 Å². The van der Waals surface area contributed by atoms with Crippen LogP contribution in [0.4, 0.5) is 5.82 Å². The molecule has 0 bridgehead atoms. The second kappa shape index (κ2) is 16.3. The molecule has 0 aliphatic heterocycles. The number of carbonyl (C=O) groups is 2. The monoisotopic (exact) mass is 595 g/mol. The third-order valence-corrected chi connectivity index (χ3v) is 7.31. The highest BCUT2D eigenvalue weighted by Crippen LogP contribution is 2.14. The summed E-state index contributed by atoms with van der Waals surface area (Å²) in [7, 11) is 0. The van der Waals surface area contributed by atoms with Crippen molar-refractivity contribution in [2.24, 2.45) is 5.73 Å². The molecule has 0 saturated carbocycles. The van der Waals surface area contributed by atoms with Gasteiger partial charge in [0.15, 0.2) is 0 Å². The molecule has 3 aromatic carbocycles. The van der Waals surface area contributed by atoms with Gasteiger partial charge >= 0.3 is 0 Å². The molecule has 0 radical (unpaired) electrons. The molecule has 0 fully saturated rings. The number of hydrogen-bond acceptors (Lipinski definition) is 7. The van der Waals surface area contributed by atoms with Crippen molar-refractivity contribution in [1.82, 2.24) is 15.6 Å². The van der Waals surface area contributed by atoms with Gasteiger partial charge in [0.1, 0.15) is 5.82 Å². The summed E-state index contributed by atoms with van der Waals surface area (Å²) in [5, 5.41) is 16.9. The van der Waals surface area contributed by atoms with Crippen LogP contribution in [-0.2, 0) is 35.4 Å². The number of hydrogen-bond donors (Lipinski definition) is 5. The van der Waals surface area contributed by atoms with Crippen LogP contribution >= 0.6 is 0 Å². The molecule has 7 N–H and O–H groups in total. The van der Waals surface area contributed by atoms with Crippen LogP contribution in [0.25, 0.3) is 0 Å². The van der Waals surface area contributed by atoms with E-state index in [4.69, 9.17) is 16.2 Å². The highest BCUT2D eigenvalue weighted by molar-refractivity contribution is 5.92. The summed E-state index contributed by atoms with van der Waals surface area (Å²) in [5.74, 6) is -0.145. The molecule has 0 saturated heterocycles. The quantitative estimate of drug-likeness (QED) is 0.133. The molecule has 230 valence electrons. The van der Waals surface area contributed by atoms with Crippen LogP contribution in [0.3, 0.4) is 0 Å². The Bertz CT molecular complexity index is 1480. The molecule has 0 aliphatic carbocycles. The number of nitrogens with one attached hydrogen (secondary N) is 2. The molecule has 1 aromatic heterocycles. The maximum absolute atomic E-state index is 13.0. The predicted molar refractivity (Wildman–Crippen MR) is 172 cm³/mol. The van der Waals surface area contributed by atoms with Gasteiger partial charge in [-0.25, -0.2) is 4.98 Å². The van der Waals surface area contributed by atoms with Gasteiger partial charge in [-0.05, 0) is 53.8 Å². The summed E-state index contributed by atoms with van der Waals surface area (Å²) in [5.41, 5.74) is 16.2. The molecule has 9 heteroatoms. The van der Waals surface area contributed by atoms with Crippen LogP contribution in [0.1, 0.15) is 51.2 Å². The minimum atomic E-state index is -0.685. The minimum absolute atomic E-state index is 0.0917. The van der Waals surface area contributed by atoms with Crippen molar-refractivity contribution in [2.75, 3.05) is 18.8 Å². The van der Waals surface area contributed by atoms with E-state index in [2.05, 4.69) is 22.5 Å². The molecule has 2 amide bonds. The number of aromatic nitrogens is 1. The van der Waals surface area contributed by atoms with Crippen molar-refractivity contribution in [1.29, 1.82) is 0 Å². The Hall–Kier alpha value is -4.57. The molecule has 0 aliphatic rings. The van der Waals surface area contributed by atoms with Gasteiger partial charge in [0.2, 0.25) is 11.8 Å². The SMILES string of the molecule is C[C@H](Cc1cccc(CC(=O)NCC(Cc2ccc(C(N)=O)cc2)OCc2ccccc2)c1)NC[C@@H](O)c1ccc(N)nc1. The molecule has 4 rings (SSSR count). The topological polar surface area (TPSA) is 153 Å². The zero-order chi connectivity index (χ0) is 31.3. The van der Waals surface area contributed by atoms with Crippen molar-refractivity contribution >= 4 is 17.6 Å². The van der Waals surface area contributed by atoms with E-state index in [0.29, 0.717) is 43.1 Å².